The lowest BCUT2D eigenvalue weighted by atomic mass is 10.0. The third-order valence-corrected chi connectivity index (χ3v) is 5.43. The molecule has 0 fully saturated rings. The Morgan fingerprint density at radius 2 is 1.71 bits per heavy atom. The third-order valence-electron chi connectivity index (χ3n) is 5.18. The maximum atomic E-state index is 13.3. The molecule has 1 aromatic heterocycles. The van der Waals surface area contributed by atoms with Crippen LogP contribution in [0, 0.1) is 0 Å². The summed E-state index contributed by atoms with van der Waals surface area (Å²) in [5.41, 5.74) is 3.74. The van der Waals surface area contributed by atoms with Crippen molar-refractivity contribution in [1.29, 1.82) is 0 Å². The van der Waals surface area contributed by atoms with Gasteiger partial charge in [0.15, 0.2) is 0 Å². The van der Waals surface area contributed by atoms with Crippen LogP contribution in [0.4, 0.5) is 5.82 Å². The van der Waals surface area contributed by atoms with Gasteiger partial charge in [0, 0.05) is 36.8 Å². The van der Waals surface area contributed by atoms with Crippen molar-refractivity contribution in [3.8, 4) is 5.69 Å². The lowest BCUT2D eigenvalue weighted by Gasteiger charge is -2.25. The van der Waals surface area contributed by atoms with Crippen molar-refractivity contribution in [2.75, 3.05) is 25.5 Å². The van der Waals surface area contributed by atoms with E-state index in [0.717, 1.165) is 29.2 Å². The molecule has 0 saturated heterocycles. The van der Waals surface area contributed by atoms with Gasteiger partial charge in [-0.15, -0.1) is 0 Å². The van der Waals surface area contributed by atoms with Crippen LogP contribution in [0.5, 0.6) is 0 Å². The highest BCUT2D eigenvalue weighted by Crippen LogP contribution is 2.32. The number of aromatic nitrogens is 2. The van der Waals surface area contributed by atoms with E-state index in [1.54, 1.807) is 24.3 Å². The van der Waals surface area contributed by atoms with E-state index < -0.39 is 0 Å². The van der Waals surface area contributed by atoms with Crippen molar-refractivity contribution >= 4 is 23.3 Å². The summed E-state index contributed by atoms with van der Waals surface area (Å²) in [6.07, 6.45) is 0.875. The van der Waals surface area contributed by atoms with Gasteiger partial charge in [-0.1, -0.05) is 50.6 Å². The molecule has 0 bridgehead atoms. The zero-order valence-corrected chi connectivity index (χ0v) is 19.7. The first-order valence-electron chi connectivity index (χ1n) is 10.7. The van der Waals surface area contributed by atoms with Gasteiger partial charge in [0.2, 0.25) is 0 Å². The third kappa shape index (κ3) is 5.10. The monoisotopic (exact) mass is 438 g/mol. The molecule has 164 valence electrons. The van der Waals surface area contributed by atoms with E-state index in [1.807, 2.05) is 41.9 Å². The Balaban J connectivity index is 2.07. The van der Waals surface area contributed by atoms with Gasteiger partial charge in [-0.25, -0.2) is 4.68 Å². The minimum absolute atomic E-state index is 0.00499. The minimum atomic E-state index is 0.00499. The van der Waals surface area contributed by atoms with E-state index in [-0.39, 0.29) is 11.8 Å². The number of halogens is 1. The quantitative estimate of drug-likeness (QED) is 0.448. The number of amides is 1. The number of nitrogens with zero attached hydrogens (tertiary/aromatic N) is 4. The van der Waals surface area contributed by atoms with Crippen molar-refractivity contribution in [3.05, 3.63) is 76.4 Å². The van der Waals surface area contributed by atoms with Crippen LogP contribution in [-0.2, 0) is 6.54 Å². The van der Waals surface area contributed by atoms with Crippen LogP contribution in [0.15, 0.2) is 54.6 Å². The van der Waals surface area contributed by atoms with Gasteiger partial charge >= 0.3 is 0 Å². The Labute approximate surface area is 190 Å². The van der Waals surface area contributed by atoms with Crippen molar-refractivity contribution in [1.82, 2.24) is 14.7 Å². The Kier molecular flexibility index (Phi) is 7.39. The van der Waals surface area contributed by atoms with E-state index >= 15 is 0 Å². The second-order valence-electron chi connectivity index (χ2n) is 8.22. The molecule has 0 unspecified atom stereocenters. The summed E-state index contributed by atoms with van der Waals surface area (Å²) in [6.45, 7) is 7.55. The zero-order chi connectivity index (χ0) is 22.5. The number of carbonyl (C=O) groups excluding carboxylic acids is 1. The number of rotatable bonds is 8. The van der Waals surface area contributed by atoms with Crippen LogP contribution in [-0.4, -0.2) is 41.2 Å². The first-order chi connectivity index (χ1) is 14.8. The Morgan fingerprint density at radius 1 is 1.06 bits per heavy atom. The smallest absolute Gasteiger partial charge is 0.254 e. The molecule has 1 heterocycles. The second-order valence-corrected chi connectivity index (χ2v) is 8.65. The van der Waals surface area contributed by atoms with Crippen LogP contribution in [0.1, 0.15) is 54.7 Å². The van der Waals surface area contributed by atoms with Gasteiger partial charge in [-0.3, -0.25) is 4.79 Å². The summed E-state index contributed by atoms with van der Waals surface area (Å²) >= 11 is 6.02. The fraction of sp³-hybridized carbons (Fsp3) is 0.360. The van der Waals surface area contributed by atoms with Crippen LogP contribution < -0.4 is 4.90 Å². The highest BCUT2D eigenvalue weighted by molar-refractivity contribution is 6.30. The normalized spacial score (nSPS) is 11.1. The van der Waals surface area contributed by atoms with Crippen molar-refractivity contribution in [3.63, 3.8) is 0 Å². The zero-order valence-electron chi connectivity index (χ0n) is 19.0. The lowest BCUT2D eigenvalue weighted by molar-refractivity contribution is 0.0743. The maximum Gasteiger partial charge on any atom is 0.254 e. The van der Waals surface area contributed by atoms with Gasteiger partial charge in [-0.05, 0) is 48.7 Å². The molecule has 3 aromatic rings. The molecular formula is C25H31ClN4O. The highest BCUT2D eigenvalue weighted by atomic mass is 35.5. The molecule has 5 nitrogen and oxygen atoms in total. The Morgan fingerprint density at radius 3 is 2.26 bits per heavy atom. The van der Waals surface area contributed by atoms with Crippen LogP contribution in [0.2, 0.25) is 5.02 Å². The molecule has 31 heavy (non-hydrogen) atoms. The van der Waals surface area contributed by atoms with Gasteiger partial charge in [0.05, 0.1) is 17.9 Å². The highest BCUT2D eigenvalue weighted by Gasteiger charge is 2.26. The molecule has 0 saturated carbocycles. The molecule has 0 radical (unpaired) electrons. The summed E-state index contributed by atoms with van der Waals surface area (Å²) in [5, 5.41) is 5.60. The average Bonchev–Trinajstić information content (AvgIpc) is 3.14. The van der Waals surface area contributed by atoms with Gasteiger partial charge in [-0.2, -0.15) is 5.10 Å². The molecule has 0 atom stereocenters. The maximum absolute atomic E-state index is 13.3. The number of carbonyl (C=O) groups is 1. The molecule has 2 aromatic carbocycles. The number of benzene rings is 2. The second kappa shape index (κ2) is 10.0. The lowest BCUT2D eigenvalue weighted by Crippen LogP contribution is -2.32. The first kappa shape index (κ1) is 22.9. The summed E-state index contributed by atoms with van der Waals surface area (Å²) < 4.78 is 1.99. The fourth-order valence-electron chi connectivity index (χ4n) is 3.77. The van der Waals surface area contributed by atoms with Crippen molar-refractivity contribution in [2.45, 2.75) is 39.7 Å². The standard InChI is InChI=1S/C25H31ClN4O/c1-6-16-29(25(31)19-12-14-20(26)15-13-19)17-22-23(18(2)3)27-30(24(22)28(4)5)21-10-8-7-9-11-21/h7-15,18H,6,16-17H2,1-5H3. The molecule has 3 rings (SSSR count). The number of hydrogen-bond acceptors (Lipinski definition) is 3. The first-order valence-corrected chi connectivity index (χ1v) is 11.1. The summed E-state index contributed by atoms with van der Waals surface area (Å²) in [7, 11) is 4.05. The van der Waals surface area contributed by atoms with Crippen LogP contribution in [0.25, 0.3) is 5.69 Å². The molecule has 0 aliphatic carbocycles. The number of anilines is 1. The van der Waals surface area contributed by atoms with Crippen LogP contribution in [0.3, 0.4) is 0 Å². The average molecular weight is 439 g/mol. The fourth-order valence-corrected chi connectivity index (χ4v) is 3.90. The van der Waals surface area contributed by atoms with E-state index in [4.69, 9.17) is 16.7 Å². The predicted octanol–water partition coefficient (Wildman–Crippen LogP) is 5.77. The summed E-state index contributed by atoms with van der Waals surface area (Å²) in [5.74, 6) is 1.23. The SMILES string of the molecule is CCCN(Cc1c(C(C)C)nn(-c2ccccc2)c1N(C)C)C(=O)c1ccc(Cl)cc1. The molecular weight excluding hydrogens is 408 g/mol. The molecule has 6 heteroatoms. The van der Waals surface area contributed by atoms with Gasteiger partial charge in [0.1, 0.15) is 5.82 Å². The molecule has 1 amide bonds. The molecule has 0 N–H and O–H groups in total. The van der Waals surface area contributed by atoms with E-state index in [0.29, 0.717) is 23.7 Å². The van der Waals surface area contributed by atoms with Crippen molar-refractivity contribution in [2.24, 2.45) is 0 Å². The largest absolute Gasteiger partial charge is 0.362 e. The number of hydrogen-bond donors (Lipinski definition) is 0. The molecule has 0 aliphatic heterocycles. The van der Waals surface area contributed by atoms with E-state index in [1.165, 1.54) is 0 Å². The van der Waals surface area contributed by atoms with E-state index in [9.17, 15) is 4.79 Å². The predicted molar refractivity (Wildman–Crippen MR) is 128 cm³/mol. The minimum Gasteiger partial charge on any atom is -0.362 e. The Hall–Kier alpha value is -2.79. The van der Waals surface area contributed by atoms with Gasteiger partial charge < -0.3 is 9.80 Å². The van der Waals surface area contributed by atoms with E-state index in [2.05, 4.69) is 37.8 Å². The number of para-hydroxylation sites is 1. The molecule has 0 spiro atoms. The van der Waals surface area contributed by atoms with Crippen LogP contribution >= 0.6 is 11.6 Å². The Bertz CT molecular complexity index is 1010. The van der Waals surface area contributed by atoms with Crippen molar-refractivity contribution < 1.29 is 4.79 Å². The van der Waals surface area contributed by atoms with Gasteiger partial charge in [0.25, 0.3) is 5.91 Å². The topological polar surface area (TPSA) is 41.4 Å². The summed E-state index contributed by atoms with van der Waals surface area (Å²) in [4.78, 5) is 17.3. The molecule has 0 aliphatic rings. The summed E-state index contributed by atoms with van der Waals surface area (Å²) in [6, 6.07) is 17.2.